The maximum Gasteiger partial charge on any atom is 0.251 e. The van der Waals surface area contributed by atoms with Gasteiger partial charge in [0.2, 0.25) is 10.0 Å². The third-order valence-electron chi connectivity index (χ3n) is 5.68. The molecule has 1 fully saturated rings. The predicted molar refractivity (Wildman–Crippen MR) is 119 cm³/mol. The van der Waals surface area contributed by atoms with Crippen LogP contribution in [0.5, 0.6) is 0 Å². The number of carbonyl (C=O) groups excluding carboxylic acids is 1. The van der Waals surface area contributed by atoms with Crippen molar-refractivity contribution in [3.8, 4) is 0 Å². The highest BCUT2D eigenvalue weighted by Gasteiger charge is 2.33. The van der Waals surface area contributed by atoms with Crippen molar-refractivity contribution in [2.75, 3.05) is 26.7 Å². The number of sulfonamides is 1. The summed E-state index contributed by atoms with van der Waals surface area (Å²) in [5.41, 5.74) is 3.66. The number of carbonyl (C=O) groups is 1. The Balaban J connectivity index is 1.69. The number of benzene rings is 2. The van der Waals surface area contributed by atoms with Gasteiger partial charge in [-0.25, -0.2) is 13.4 Å². The molecule has 1 aromatic heterocycles. The molecule has 1 N–H and O–H groups in total. The van der Waals surface area contributed by atoms with Gasteiger partial charge in [-0.05, 0) is 49.2 Å². The van der Waals surface area contributed by atoms with Crippen molar-refractivity contribution in [1.29, 1.82) is 0 Å². The average Bonchev–Trinajstić information content (AvgIpc) is 2.79. The largest absolute Gasteiger partial charge is 0.369 e. The number of nitrogens with one attached hydrogen (secondary N) is 1. The van der Waals surface area contributed by atoms with Crippen LogP contribution in [0.3, 0.4) is 0 Å². The Bertz CT molecular complexity index is 1260. The Morgan fingerprint density at radius 1 is 1.13 bits per heavy atom. The van der Waals surface area contributed by atoms with Crippen molar-refractivity contribution in [2.45, 2.75) is 24.8 Å². The number of fused-ring (bicyclic) bond motifs is 1. The number of ether oxygens (including phenoxy) is 1. The van der Waals surface area contributed by atoms with E-state index in [0.29, 0.717) is 16.8 Å². The van der Waals surface area contributed by atoms with E-state index in [0.717, 1.165) is 16.5 Å². The number of para-hydroxylation sites is 1. The fourth-order valence-electron chi connectivity index (χ4n) is 3.73. The molecule has 0 unspecified atom stereocenters. The summed E-state index contributed by atoms with van der Waals surface area (Å²) in [5.74, 6) is -0.227. The van der Waals surface area contributed by atoms with E-state index < -0.39 is 16.1 Å². The molecule has 2 aromatic carbocycles. The molecule has 0 aliphatic carbocycles. The minimum atomic E-state index is -3.67. The van der Waals surface area contributed by atoms with Gasteiger partial charge in [-0.3, -0.25) is 4.79 Å². The second-order valence-corrected chi connectivity index (χ2v) is 9.60. The van der Waals surface area contributed by atoms with Crippen molar-refractivity contribution in [2.24, 2.45) is 0 Å². The molecule has 1 amide bonds. The molecule has 4 rings (SSSR count). The van der Waals surface area contributed by atoms with Crippen molar-refractivity contribution in [1.82, 2.24) is 14.6 Å². The summed E-state index contributed by atoms with van der Waals surface area (Å²) < 4.78 is 33.8. The second-order valence-electron chi connectivity index (χ2n) is 7.66. The highest BCUT2D eigenvalue weighted by molar-refractivity contribution is 7.89. The topological polar surface area (TPSA) is 88.6 Å². The number of aromatic nitrogens is 1. The zero-order chi connectivity index (χ0) is 22.2. The van der Waals surface area contributed by atoms with Gasteiger partial charge in [0, 0.05) is 25.5 Å². The molecular weight excluding hydrogens is 414 g/mol. The summed E-state index contributed by atoms with van der Waals surface area (Å²) in [6.45, 7) is 4.50. The van der Waals surface area contributed by atoms with Gasteiger partial charge in [0.1, 0.15) is 6.10 Å². The minimum Gasteiger partial charge on any atom is -0.369 e. The van der Waals surface area contributed by atoms with Crippen molar-refractivity contribution < 1.29 is 17.9 Å². The molecule has 7 nitrogen and oxygen atoms in total. The van der Waals surface area contributed by atoms with Gasteiger partial charge in [0.15, 0.2) is 0 Å². The third kappa shape index (κ3) is 4.06. The molecule has 0 spiro atoms. The number of pyridine rings is 1. The zero-order valence-electron chi connectivity index (χ0n) is 17.8. The first-order chi connectivity index (χ1) is 14.8. The van der Waals surface area contributed by atoms with Gasteiger partial charge in [-0.1, -0.05) is 24.3 Å². The first-order valence-corrected chi connectivity index (χ1v) is 11.6. The maximum absolute atomic E-state index is 13.2. The molecular formula is C23H25N3O4S. The summed E-state index contributed by atoms with van der Waals surface area (Å²) in [5, 5.41) is 3.39. The molecule has 1 saturated heterocycles. The van der Waals surface area contributed by atoms with Crippen molar-refractivity contribution in [3.63, 3.8) is 0 Å². The number of hydrogen-bond donors (Lipinski definition) is 1. The molecule has 1 aliphatic heterocycles. The van der Waals surface area contributed by atoms with E-state index in [9.17, 15) is 13.2 Å². The van der Waals surface area contributed by atoms with E-state index in [2.05, 4.69) is 10.3 Å². The van der Waals surface area contributed by atoms with E-state index in [1.54, 1.807) is 25.2 Å². The summed E-state index contributed by atoms with van der Waals surface area (Å²) in [7, 11) is -2.09. The lowest BCUT2D eigenvalue weighted by Crippen LogP contribution is -2.42. The number of morpholine rings is 1. The van der Waals surface area contributed by atoms with Crippen LogP contribution in [0.1, 0.15) is 33.3 Å². The fraction of sp³-hybridized carbons (Fsp3) is 0.304. The maximum atomic E-state index is 13.2. The third-order valence-corrected chi connectivity index (χ3v) is 7.54. The van der Waals surface area contributed by atoms with Crippen LogP contribution in [0.15, 0.2) is 53.4 Å². The Morgan fingerprint density at radius 3 is 2.65 bits per heavy atom. The van der Waals surface area contributed by atoms with Gasteiger partial charge in [0.25, 0.3) is 5.91 Å². The Hall–Kier alpha value is -2.81. The molecule has 31 heavy (non-hydrogen) atoms. The van der Waals surface area contributed by atoms with Crippen molar-refractivity contribution >= 4 is 26.8 Å². The lowest BCUT2D eigenvalue weighted by molar-refractivity contribution is -0.00479. The van der Waals surface area contributed by atoms with Gasteiger partial charge in [-0.15, -0.1) is 0 Å². The molecule has 0 radical (unpaired) electrons. The lowest BCUT2D eigenvalue weighted by Gasteiger charge is -2.32. The highest BCUT2D eigenvalue weighted by atomic mass is 32.2. The van der Waals surface area contributed by atoms with Crippen LogP contribution in [0.4, 0.5) is 0 Å². The Morgan fingerprint density at radius 2 is 1.90 bits per heavy atom. The smallest absolute Gasteiger partial charge is 0.251 e. The highest BCUT2D eigenvalue weighted by Crippen LogP contribution is 2.29. The van der Waals surface area contributed by atoms with E-state index in [1.807, 2.05) is 44.2 Å². The SMILES string of the molecule is CNC(=O)c1cc([C@H]2CN(S(=O)(=O)c3ccc(C)c(C)c3)CCO2)nc2ccccc12. The standard InChI is InChI=1S/C23H25N3O4S/c1-15-8-9-17(12-16(15)2)31(28,29)26-10-11-30-22(14-26)21-13-19(23(27)24-3)18-6-4-5-7-20(18)25-21/h4-9,12-13,22H,10-11,14H2,1-3H3,(H,24,27)/t22-/m1/s1. The first kappa shape index (κ1) is 21.4. The number of nitrogens with zero attached hydrogens (tertiary/aromatic N) is 2. The van der Waals surface area contributed by atoms with Gasteiger partial charge in [0.05, 0.1) is 28.3 Å². The van der Waals surface area contributed by atoms with Crippen LogP contribution in [-0.2, 0) is 14.8 Å². The van der Waals surface area contributed by atoms with Gasteiger partial charge >= 0.3 is 0 Å². The van der Waals surface area contributed by atoms with Gasteiger partial charge < -0.3 is 10.1 Å². The average molecular weight is 440 g/mol. The van der Waals surface area contributed by atoms with E-state index >= 15 is 0 Å². The number of hydrogen-bond acceptors (Lipinski definition) is 5. The molecule has 3 aromatic rings. The summed E-state index contributed by atoms with van der Waals surface area (Å²) in [4.78, 5) is 17.4. The van der Waals surface area contributed by atoms with E-state index in [1.165, 1.54) is 4.31 Å². The van der Waals surface area contributed by atoms with E-state index in [4.69, 9.17) is 4.74 Å². The first-order valence-electron chi connectivity index (χ1n) is 10.1. The van der Waals surface area contributed by atoms with Crippen LogP contribution >= 0.6 is 0 Å². The molecule has 2 heterocycles. The Labute approximate surface area is 182 Å². The number of aryl methyl sites for hydroxylation is 2. The molecule has 1 aliphatic rings. The fourth-order valence-corrected chi connectivity index (χ4v) is 5.24. The normalized spacial score (nSPS) is 17.6. The molecule has 1 atom stereocenters. The Kier molecular flexibility index (Phi) is 5.79. The second kappa shape index (κ2) is 8.37. The molecule has 0 saturated carbocycles. The summed E-state index contributed by atoms with van der Waals surface area (Å²) in [6.07, 6.45) is -0.567. The van der Waals surface area contributed by atoms with Gasteiger partial charge in [-0.2, -0.15) is 4.31 Å². The zero-order valence-corrected chi connectivity index (χ0v) is 18.6. The molecule has 162 valence electrons. The summed E-state index contributed by atoms with van der Waals surface area (Å²) >= 11 is 0. The van der Waals surface area contributed by atoms with Crippen LogP contribution in [0.2, 0.25) is 0 Å². The quantitative estimate of drug-likeness (QED) is 0.675. The minimum absolute atomic E-state index is 0.133. The van der Waals surface area contributed by atoms with Crippen LogP contribution in [-0.4, -0.2) is 50.4 Å². The monoisotopic (exact) mass is 439 g/mol. The molecule has 8 heteroatoms. The van der Waals surface area contributed by atoms with Crippen LogP contribution in [0.25, 0.3) is 10.9 Å². The van der Waals surface area contributed by atoms with E-state index in [-0.39, 0.29) is 30.5 Å². The van der Waals surface area contributed by atoms with Crippen LogP contribution < -0.4 is 5.32 Å². The van der Waals surface area contributed by atoms with Crippen molar-refractivity contribution in [3.05, 3.63) is 70.9 Å². The number of rotatable bonds is 4. The van der Waals surface area contributed by atoms with Crippen LogP contribution in [0, 0.1) is 13.8 Å². The predicted octanol–water partition coefficient (Wildman–Crippen LogP) is 2.97. The molecule has 0 bridgehead atoms. The number of amides is 1. The summed E-state index contributed by atoms with van der Waals surface area (Å²) in [6, 6.07) is 14.2. The lowest BCUT2D eigenvalue weighted by atomic mass is 10.0.